The summed E-state index contributed by atoms with van der Waals surface area (Å²) in [6.45, 7) is 4.93. The Morgan fingerprint density at radius 3 is 2.55 bits per heavy atom. The number of anilines is 1. The maximum absolute atomic E-state index is 12.5. The maximum Gasteiger partial charge on any atom is 0.255 e. The molecule has 2 aromatic rings. The zero-order valence-electron chi connectivity index (χ0n) is 12.1. The van der Waals surface area contributed by atoms with Gasteiger partial charge in [0.15, 0.2) is 5.13 Å². The Labute approximate surface area is 143 Å². The molecule has 0 bridgehead atoms. The van der Waals surface area contributed by atoms with E-state index in [1.807, 2.05) is 18.0 Å². The Kier molecular flexibility index (Phi) is 4.57. The molecule has 0 spiro atoms. The van der Waals surface area contributed by atoms with Crippen molar-refractivity contribution in [3.05, 3.63) is 44.9 Å². The highest BCUT2D eigenvalue weighted by molar-refractivity contribution is 7.15. The van der Waals surface area contributed by atoms with Gasteiger partial charge in [0.25, 0.3) is 5.91 Å². The summed E-state index contributed by atoms with van der Waals surface area (Å²) in [4.78, 5) is 22.2. The minimum absolute atomic E-state index is 0.0448. The van der Waals surface area contributed by atoms with Crippen molar-refractivity contribution in [3.63, 3.8) is 0 Å². The van der Waals surface area contributed by atoms with E-state index in [0.717, 1.165) is 18.2 Å². The summed E-state index contributed by atoms with van der Waals surface area (Å²) < 4.78 is 0. The molecule has 0 unspecified atom stereocenters. The molecule has 0 saturated carbocycles. The van der Waals surface area contributed by atoms with Crippen molar-refractivity contribution < 1.29 is 4.79 Å². The first-order valence-corrected chi connectivity index (χ1v) is 8.53. The van der Waals surface area contributed by atoms with Crippen LogP contribution in [-0.4, -0.2) is 42.0 Å². The molecular formula is C15H15Cl2N3OS. The van der Waals surface area contributed by atoms with Crippen molar-refractivity contribution in [2.75, 3.05) is 31.1 Å². The number of hydrogen-bond acceptors (Lipinski definition) is 4. The molecule has 1 saturated heterocycles. The number of carbonyl (C=O) groups is 1. The minimum Gasteiger partial charge on any atom is -0.345 e. The third kappa shape index (κ3) is 3.21. The van der Waals surface area contributed by atoms with Crippen molar-refractivity contribution in [1.82, 2.24) is 9.88 Å². The van der Waals surface area contributed by atoms with Gasteiger partial charge < -0.3 is 9.80 Å². The lowest BCUT2D eigenvalue weighted by atomic mass is 10.2. The van der Waals surface area contributed by atoms with E-state index in [9.17, 15) is 4.79 Å². The molecule has 2 heterocycles. The minimum atomic E-state index is -0.0448. The average molecular weight is 356 g/mol. The Bertz CT molecular complexity index is 696. The summed E-state index contributed by atoms with van der Waals surface area (Å²) in [7, 11) is 0. The molecule has 0 atom stereocenters. The van der Waals surface area contributed by atoms with Gasteiger partial charge in [-0.3, -0.25) is 4.79 Å². The zero-order valence-corrected chi connectivity index (χ0v) is 14.4. The van der Waals surface area contributed by atoms with E-state index in [2.05, 4.69) is 9.88 Å². The van der Waals surface area contributed by atoms with Crippen molar-refractivity contribution in [3.8, 4) is 0 Å². The van der Waals surface area contributed by atoms with Crippen LogP contribution in [0.1, 0.15) is 15.2 Å². The standard InChI is InChI=1S/C15H15Cl2N3OS/c1-10-9-18-15(22-10)20-6-4-19(5-7-20)14(21)12-3-2-11(16)8-13(12)17/h2-3,8-9H,4-7H2,1H3. The van der Waals surface area contributed by atoms with E-state index in [0.29, 0.717) is 28.7 Å². The number of halogens is 2. The SMILES string of the molecule is Cc1cnc(N2CCN(C(=O)c3ccc(Cl)cc3Cl)CC2)s1. The van der Waals surface area contributed by atoms with E-state index in [4.69, 9.17) is 23.2 Å². The van der Waals surface area contributed by atoms with Gasteiger partial charge in [0, 0.05) is 42.3 Å². The smallest absolute Gasteiger partial charge is 0.255 e. The van der Waals surface area contributed by atoms with Gasteiger partial charge in [0.2, 0.25) is 0 Å². The molecule has 1 aliphatic heterocycles. The predicted octanol–water partition coefficient (Wildman–Crippen LogP) is 3.72. The van der Waals surface area contributed by atoms with Gasteiger partial charge in [0.05, 0.1) is 10.6 Å². The summed E-state index contributed by atoms with van der Waals surface area (Å²) in [5.74, 6) is -0.0448. The molecule has 4 nitrogen and oxygen atoms in total. The van der Waals surface area contributed by atoms with Crippen LogP contribution in [0.5, 0.6) is 0 Å². The summed E-state index contributed by atoms with van der Waals surface area (Å²) in [6.07, 6.45) is 1.88. The molecule has 116 valence electrons. The van der Waals surface area contributed by atoms with E-state index in [1.54, 1.807) is 29.5 Å². The highest BCUT2D eigenvalue weighted by Crippen LogP contribution is 2.25. The van der Waals surface area contributed by atoms with Gasteiger partial charge in [-0.1, -0.05) is 23.2 Å². The Hall–Kier alpha value is -1.30. The second-order valence-electron chi connectivity index (χ2n) is 5.16. The summed E-state index contributed by atoms with van der Waals surface area (Å²) >= 11 is 13.7. The largest absolute Gasteiger partial charge is 0.345 e. The fraction of sp³-hybridized carbons (Fsp3) is 0.333. The number of hydrogen-bond donors (Lipinski definition) is 0. The fourth-order valence-electron chi connectivity index (χ4n) is 2.42. The first-order chi connectivity index (χ1) is 10.5. The number of aryl methyl sites for hydroxylation is 1. The Morgan fingerprint density at radius 2 is 1.95 bits per heavy atom. The zero-order chi connectivity index (χ0) is 15.7. The van der Waals surface area contributed by atoms with Crippen LogP contribution in [0.4, 0.5) is 5.13 Å². The molecule has 0 radical (unpaired) electrons. The fourth-order valence-corrected chi connectivity index (χ4v) is 3.72. The summed E-state index contributed by atoms with van der Waals surface area (Å²) in [5, 5.41) is 1.95. The number of aromatic nitrogens is 1. The van der Waals surface area contributed by atoms with Crippen LogP contribution < -0.4 is 4.90 Å². The molecule has 1 fully saturated rings. The molecular weight excluding hydrogens is 341 g/mol. The summed E-state index contributed by atoms with van der Waals surface area (Å²) in [6, 6.07) is 4.98. The first-order valence-electron chi connectivity index (χ1n) is 6.96. The molecule has 1 amide bonds. The van der Waals surface area contributed by atoms with Crippen LogP contribution in [0.2, 0.25) is 10.0 Å². The van der Waals surface area contributed by atoms with Gasteiger partial charge in [0.1, 0.15) is 0 Å². The van der Waals surface area contributed by atoms with Crippen LogP contribution in [0.25, 0.3) is 0 Å². The maximum atomic E-state index is 12.5. The Morgan fingerprint density at radius 1 is 1.23 bits per heavy atom. The van der Waals surface area contributed by atoms with Crippen LogP contribution in [0, 0.1) is 6.92 Å². The molecule has 1 aromatic carbocycles. The normalized spacial score (nSPS) is 15.2. The monoisotopic (exact) mass is 355 g/mol. The molecule has 0 N–H and O–H groups in total. The highest BCUT2D eigenvalue weighted by atomic mass is 35.5. The number of nitrogens with zero attached hydrogens (tertiary/aromatic N) is 3. The van der Waals surface area contributed by atoms with Crippen LogP contribution in [0.15, 0.2) is 24.4 Å². The van der Waals surface area contributed by atoms with Crippen molar-refractivity contribution in [2.45, 2.75) is 6.92 Å². The number of carbonyl (C=O) groups excluding carboxylic acids is 1. The van der Waals surface area contributed by atoms with Crippen LogP contribution >= 0.6 is 34.5 Å². The highest BCUT2D eigenvalue weighted by Gasteiger charge is 2.24. The van der Waals surface area contributed by atoms with E-state index >= 15 is 0 Å². The lowest BCUT2D eigenvalue weighted by Crippen LogP contribution is -2.48. The van der Waals surface area contributed by atoms with Gasteiger partial charge in [-0.15, -0.1) is 11.3 Å². The number of benzene rings is 1. The van der Waals surface area contributed by atoms with Gasteiger partial charge in [-0.2, -0.15) is 0 Å². The number of rotatable bonds is 2. The topological polar surface area (TPSA) is 36.4 Å². The number of thiazole rings is 1. The number of piperazine rings is 1. The quantitative estimate of drug-likeness (QED) is 0.823. The number of amides is 1. The molecule has 1 aromatic heterocycles. The van der Waals surface area contributed by atoms with Gasteiger partial charge in [-0.05, 0) is 25.1 Å². The summed E-state index contributed by atoms with van der Waals surface area (Å²) in [5.41, 5.74) is 0.504. The molecule has 0 aliphatic carbocycles. The third-order valence-corrected chi connectivity index (χ3v) is 5.13. The third-order valence-electron chi connectivity index (χ3n) is 3.61. The molecule has 1 aliphatic rings. The van der Waals surface area contributed by atoms with E-state index in [-0.39, 0.29) is 5.91 Å². The van der Waals surface area contributed by atoms with E-state index in [1.165, 1.54) is 4.88 Å². The second kappa shape index (κ2) is 6.44. The molecule has 7 heteroatoms. The molecule has 3 rings (SSSR count). The Balaban J connectivity index is 1.67. The van der Waals surface area contributed by atoms with E-state index < -0.39 is 0 Å². The first kappa shape index (κ1) is 15.6. The average Bonchev–Trinajstić information content (AvgIpc) is 2.93. The van der Waals surface area contributed by atoms with Gasteiger partial charge >= 0.3 is 0 Å². The van der Waals surface area contributed by atoms with Crippen LogP contribution in [0.3, 0.4) is 0 Å². The van der Waals surface area contributed by atoms with Gasteiger partial charge in [-0.25, -0.2) is 4.98 Å². The molecule has 22 heavy (non-hydrogen) atoms. The lowest BCUT2D eigenvalue weighted by molar-refractivity contribution is 0.0747. The predicted molar refractivity (Wildman–Crippen MR) is 91.4 cm³/mol. The van der Waals surface area contributed by atoms with Crippen molar-refractivity contribution in [2.24, 2.45) is 0 Å². The lowest BCUT2D eigenvalue weighted by Gasteiger charge is -2.34. The van der Waals surface area contributed by atoms with Crippen LogP contribution in [-0.2, 0) is 0 Å². The second-order valence-corrected chi connectivity index (χ2v) is 7.21. The van der Waals surface area contributed by atoms with Crippen molar-refractivity contribution >= 4 is 45.6 Å². The van der Waals surface area contributed by atoms with Crippen molar-refractivity contribution in [1.29, 1.82) is 0 Å².